The molecule has 2 aliphatic rings. The van der Waals surface area contributed by atoms with E-state index in [1.54, 1.807) is 36.5 Å². The zero-order chi connectivity index (χ0) is 22.3. The molecular weight excluding hydrogens is 426 g/mol. The van der Waals surface area contributed by atoms with Gasteiger partial charge in [-0.3, -0.25) is 14.7 Å². The summed E-state index contributed by atoms with van der Waals surface area (Å²) in [5.41, 5.74) is 3.50. The van der Waals surface area contributed by atoms with Crippen LogP contribution in [0.4, 0.5) is 0 Å². The topological polar surface area (TPSA) is 54.9 Å². The number of hydrogen-bond donors (Lipinski definition) is 0. The largest absolute Gasteiger partial charge is 0.497 e. The molecule has 6 nitrogen and oxygen atoms in total. The molecule has 1 aromatic heterocycles. The van der Waals surface area contributed by atoms with Crippen LogP contribution in [0.1, 0.15) is 35.3 Å². The second-order valence-corrected chi connectivity index (χ2v) is 8.16. The Balaban J connectivity index is 1.34. The van der Waals surface area contributed by atoms with E-state index in [2.05, 4.69) is 22.0 Å². The molecule has 168 valence electrons. The van der Waals surface area contributed by atoms with Gasteiger partial charge in [-0.1, -0.05) is 12.1 Å². The summed E-state index contributed by atoms with van der Waals surface area (Å²) >= 11 is 6.14. The van der Waals surface area contributed by atoms with Gasteiger partial charge in [0.2, 0.25) is 0 Å². The molecule has 0 spiro atoms. The molecule has 0 unspecified atom stereocenters. The minimum absolute atomic E-state index is 0.110. The maximum absolute atomic E-state index is 13.2. The van der Waals surface area contributed by atoms with E-state index in [9.17, 15) is 4.79 Å². The lowest BCUT2D eigenvalue weighted by Crippen LogP contribution is -2.33. The summed E-state index contributed by atoms with van der Waals surface area (Å²) in [6.07, 6.45) is 8.60. The number of methoxy groups -OCH3 is 1. The summed E-state index contributed by atoms with van der Waals surface area (Å²) in [6.45, 7) is 3.53. The van der Waals surface area contributed by atoms with Crippen molar-refractivity contribution in [1.29, 1.82) is 0 Å². The van der Waals surface area contributed by atoms with Gasteiger partial charge in [0.1, 0.15) is 17.8 Å². The van der Waals surface area contributed by atoms with Gasteiger partial charge in [-0.25, -0.2) is 0 Å². The van der Waals surface area contributed by atoms with E-state index in [1.807, 2.05) is 18.3 Å². The molecule has 1 amide bonds. The fraction of sp³-hybridized carbons (Fsp3) is 0.360. The first kappa shape index (κ1) is 22.4. The number of nitrogens with zero attached hydrogens (tertiary/aromatic N) is 3. The molecule has 0 N–H and O–H groups in total. The number of amides is 1. The van der Waals surface area contributed by atoms with Gasteiger partial charge in [-0.05, 0) is 61.7 Å². The number of aromatic nitrogens is 1. The molecule has 0 radical (unpaired) electrons. The Morgan fingerprint density at radius 2 is 2.06 bits per heavy atom. The number of hydrogen-bond acceptors (Lipinski definition) is 5. The number of ether oxygens (including phenoxy) is 2. The third-order valence-corrected chi connectivity index (χ3v) is 6.07. The molecule has 0 atom stereocenters. The minimum atomic E-state index is -0.110. The number of allylic oxidation sites excluding steroid dienone is 1. The van der Waals surface area contributed by atoms with Gasteiger partial charge in [0, 0.05) is 25.8 Å². The van der Waals surface area contributed by atoms with Crippen molar-refractivity contribution in [3.63, 3.8) is 0 Å². The molecular formula is C25H28ClN3O3. The maximum Gasteiger partial charge on any atom is 0.262 e. The number of unbranched alkanes of at least 4 members (excludes halogenated alkanes) is 1. The predicted molar refractivity (Wildman–Crippen MR) is 126 cm³/mol. The number of benzene rings is 1. The van der Waals surface area contributed by atoms with Crippen LogP contribution in [0.15, 0.2) is 60.6 Å². The van der Waals surface area contributed by atoms with Crippen LogP contribution in [0.25, 0.3) is 5.57 Å². The molecule has 2 aromatic rings. The smallest absolute Gasteiger partial charge is 0.262 e. The highest BCUT2D eigenvalue weighted by Gasteiger charge is 2.26. The molecule has 4 rings (SSSR count). The molecule has 0 saturated carbocycles. The van der Waals surface area contributed by atoms with Crippen molar-refractivity contribution in [3.05, 3.63) is 71.9 Å². The van der Waals surface area contributed by atoms with Crippen molar-refractivity contribution in [3.8, 4) is 11.5 Å². The minimum Gasteiger partial charge on any atom is -0.497 e. The van der Waals surface area contributed by atoms with Crippen LogP contribution in [-0.2, 0) is 0 Å². The van der Waals surface area contributed by atoms with E-state index in [0.717, 1.165) is 44.6 Å². The van der Waals surface area contributed by atoms with E-state index in [1.165, 1.54) is 5.57 Å². The molecule has 2 aliphatic heterocycles. The van der Waals surface area contributed by atoms with E-state index in [4.69, 9.17) is 21.1 Å². The lowest BCUT2D eigenvalue weighted by molar-refractivity contribution is 0.0804. The normalized spacial score (nSPS) is 16.6. The van der Waals surface area contributed by atoms with Crippen molar-refractivity contribution in [2.75, 3.05) is 39.2 Å². The highest BCUT2D eigenvalue weighted by molar-refractivity contribution is 6.19. The van der Waals surface area contributed by atoms with E-state index in [-0.39, 0.29) is 11.8 Å². The quantitative estimate of drug-likeness (QED) is 0.432. The molecule has 0 aliphatic carbocycles. The van der Waals surface area contributed by atoms with Gasteiger partial charge in [0.15, 0.2) is 0 Å². The molecule has 0 fully saturated rings. The van der Waals surface area contributed by atoms with Gasteiger partial charge in [0.05, 0.1) is 29.9 Å². The van der Waals surface area contributed by atoms with E-state index in [0.29, 0.717) is 29.3 Å². The zero-order valence-corrected chi connectivity index (χ0v) is 19.1. The third-order valence-electron chi connectivity index (χ3n) is 5.80. The first-order valence-corrected chi connectivity index (χ1v) is 11.5. The Bertz CT molecular complexity index is 1010. The fourth-order valence-corrected chi connectivity index (χ4v) is 4.27. The van der Waals surface area contributed by atoms with Crippen LogP contribution in [-0.4, -0.2) is 59.9 Å². The van der Waals surface area contributed by atoms with Crippen molar-refractivity contribution >= 4 is 23.1 Å². The molecule has 32 heavy (non-hydrogen) atoms. The molecule has 3 heterocycles. The molecule has 7 heteroatoms. The Hall–Kier alpha value is -2.83. The summed E-state index contributed by atoms with van der Waals surface area (Å²) in [7, 11) is 1.58. The molecule has 1 aromatic carbocycles. The fourth-order valence-electron chi connectivity index (χ4n) is 4.07. The summed E-state index contributed by atoms with van der Waals surface area (Å²) in [5.74, 6) is 1.24. The Kier molecular flexibility index (Phi) is 7.45. The Morgan fingerprint density at radius 3 is 2.84 bits per heavy atom. The highest BCUT2D eigenvalue weighted by atomic mass is 35.5. The number of carbonyl (C=O) groups is 1. The number of halogens is 1. The van der Waals surface area contributed by atoms with E-state index >= 15 is 0 Å². The number of carbonyl (C=O) groups excluding carboxylic acids is 1. The monoisotopic (exact) mass is 453 g/mol. The number of fused-ring (bicyclic) bond motifs is 1. The highest BCUT2D eigenvalue weighted by Crippen LogP contribution is 2.30. The average molecular weight is 454 g/mol. The lowest BCUT2D eigenvalue weighted by atomic mass is 10.1. The summed E-state index contributed by atoms with van der Waals surface area (Å²) in [4.78, 5) is 21.9. The Labute approximate surface area is 194 Å². The van der Waals surface area contributed by atoms with Gasteiger partial charge in [0.25, 0.3) is 5.91 Å². The SMILES string of the molecule is COc1ccc2c(c1)C(=O)N(CCCCN1CCC=C(c3ccccn3)C1)C(CCl)=CO2. The van der Waals surface area contributed by atoms with Gasteiger partial charge < -0.3 is 14.4 Å². The Morgan fingerprint density at radius 1 is 1.19 bits per heavy atom. The van der Waals surface area contributed by atoms with Crippen LogP contribution in [0.3, 0.4) is 0 Å². The standard InChI is InChI=1S/C25H28ClN3O3/c1-31-21-9-10-24-22(15-21)25(30)29(20(16-26)18-32-24)14-5-4-12-28-13-6-7-19(17-28)23-8-2-3-11-27-23/h2-3,7-11,15,18H,4-6,12-14,16-17H2,1H3. The summed E-state index contributed by atoms with van der Waals surface area (Å²) in [6, 6.07) is 11.3. The summed E-state index contributed by atoms with van der Waals surface area (Å²) < 4.78 is 11.0. The van der Waals surface area contributed by atoms with Crippen LogP contribution in [0.5, 0.6) is 11.5 Å². The van der Waals surface area contributed by atoms with Crippen LogP contribution >= 0.6 is 11.6 Å². The molecule has 0 bridgehead atoms. The van der Waals surface area contributed by atoms with Crippen LogP contribution in [0, 0.1) is 0 Å². The van der Waals surface area contributed by atoms with E-state index < -0.39 is 0 Å². The van der Waals surface area contributed by atoms with Gasteiger partial charge in [-0.15, -0.1) is 11.6 Å². The number of pyridine rings is 1. The maximum atomic E-state index is 13.2. The first-order valence-electron chi connectivity index (χ1n) is 10.9. The first-order chi connectivity index (χ1) is 15.7. The third kappa shape index (κ3) is 5.14. The van der Waals surface area contributed by atoms with Crippen molar-refractivity contribution in [2.45, 2.75) is 19.3 Å². The second kappa shape index (κ2) is 10.7. The lowest BCUT2D eigenvalue weighted by Gasteiger charge is -2.28. The van der Waals surface area contributed by atoms with Crippen LogP contribution in [0.2, 0.25) is 0 Å². The van der Waals surface area contributed by atoms with Gasteiger partial charge in [-0.2, -0.15) is 0 Å². The molecule has 0 saturated heterocycles. The van der Waals surface area contributed by atoms with Gasteiger partial charge >= 0.3 is 0 Å². The second-order valence-electron chi connectivity index (χ2n) is 7.90. The summed E-state index contributed by atoms with van der Waals surface area (Å²) in [5, 5.41) is 0. The zero-order valence-electron chi connectivity index (χ0n) is 18.3. The average Bonchev–Trinajstić information content (AvgIpc) is 2.98. The van der Waals surface area contributed by atoms with Crippen molar-refractivity contribution in [1.82, 2.24) is 14.8 Å². The van der Waals surface area contributed by atoms with Crippen LogP contribution < -0.4 is 9.47 Å². The van der Waals surface area contributed by atoms with Crippen molar-refractivity contribution in [2.24, 2.45) is 0 Å². The van der Waals surface area contributed by atoms with Crippen molar-refractivity contribution < 1.29 is 14.3 Å². The number of rotatable bonds is 8. The predicted octanol–water partition coefficient (Wildman–Crippen LogP) is 4.57. The number of alkyl halides is 1.